The summed E-state index contributed by atoms with van der Waals surface area (Å²) in [6.07, 6.45) is 0. The highest BCUT2D eigenvalue weighted by molar-refractivity contribution is 7.18. The second kappa shape index (κ2) is 6.41. The summed E-state index contributed by atoms with van der Waals surface area (Å²) in [6.45, 7) is 2.00. The summed E-state index contributed by atoms with van der Waals surface area (Å²) in [4.78, 5) is 24.5. The highest BCUT2D eigenvalue weighted by Crippen LogP contribution is 2.39. The fraction of sp³-hybridized carbons (Fsp3) is 0.200. The van der Waals surface area contributed by atoms with Crippen LogP contribution in [0, 0.1) is 0 Å². The molecule has 5 nitrogen and oxygen atoms in total. The van der Waals surface area contributed by atoms with Crippen molar-refractivity contribution in [1.82, 2.24) is 5.32 Å². The highest BCUT2D eigenvalue weighted by Gasteiger charge is 2.27. The van der Waals surface area contributed by atoms with Crippen molar-refractivity contribution in [2.45, 2.75) is 6.92 Å². The summed E-state index contributed by atoms with van der Waals surface area (Å²) < 4.78 is 5.06. The molecule has 2 rings (SSSR count). The number of carbonyl (C=O) groups excluding carboxylic acids is 2. The van der Waals surface area contributed by atoms with Gasteiger partial charge in [0.05, 0.1) is 12.2 Å². The normalized spacial score (nSPS) is 10.2. The van der Waals surface area contributed by atoms with Gasteiger partial charge in [-0.15, -0.1) is 11.3 Å². The van der Waals surface area contributed by atoms with E-state index in [1.54, 1.807) is 6.92 Å². The number of rotatable bonds is 4. The third kappa shape index (κ3) is 2.90. The van der Waals surface area contributed by atoms with Gasteiger partial charge >= 0.3 is 5.97 Å². The van der Waals surface area contributed by atoms with Crippen molar-refractivity contribution in [3.05, 3.63) is 40.8 Å². The molecule has 21 heavy (non-hydrogen) atoms. The summed E-state index contributed by atoms with van der Waals surface area (Å²) in [6, 6.07) is 9.20. The first-order valence-electron chi connectivity index (χ1n) is 6.47. The standard InChI is InChI=1S/C15H16N2O3S/c1-3-20-15(19)12-10(9-7-5-4-6-8-9)11(13(16)21-12)14(18)17-2/h4-8H,3,16H2,1-2H3,(H,17,18). The number of thiophene rings is 1. The maximum Gasteiger partial charge on any atom is 0.349 e. The van der Waals surface area contributed by atoms with Crippen LogP contribution in [0.4, 0.5) is 5.00 Å². The summed E-state index contributed by atoms with van der Waals surface area (Å²) in [5.41, 5.74) is 7.54. The summed E-state index contributed by atoms with van der Waals surface area (Å²) >= 11 is 1.07. The van der Waals surface area contributed by atoms with E-state index in [0.29, 0.717) is 21.0 Å². The Morgan fingerprint density at radius 2 is 1.95 bits per heavy atom. The molecule has 0 bridgehead atoms. The molecule has 0 aliphatic rings. The number of benzene rings is 1. The number of carbonyl (C=O) groups is 2. The molecule has 1 heterocycles. The van der Waals surface area contributed by atoms with E-state index in [1.807, 2.05) is 30.3 Å². The zero-order chi connectivity index (χ0) is 15.4. The van der Waals surface area contributed by atoms with Crippen LogP contribution in [0.1, 0.15) is 27.0 Å². The Kier molecular flexibility index (Phi) is 4.59. The molecule has 1 aromatic carbocycles. The lowest BCUT2D eigenvalue weighted by atomic mass is 10.0. The lowest BCUT2D eigenvalue weighted by Crippen LogP contribution is -2.19. The van der Waals surface area contributed by atoms with Crippen LogP contribution in [0.25, 0.3) is 11.1 Å². The van der Waals surface area contributed by atoms with Crippen LogP contribution in [-0.4, -0.2) is 25.5 Å². The summed E-state index contributed by atoms with van der Waals surface area (Å²) in [5.74, 6) is -0.790. The Hall–Kier alpha value is -2.34. The number of nitrogens with two attached hydrogens (primary N) is 1. The molecule has 2 aromatic rings. The number of amides is 1. The monoisotopic (exact) mass is 304 g/mol. The number of ether oxygens (including phenoxy) is 1. The highest BCUT2D eigenvalue weighted by atomic mass is 32.1. The summed E-state index contributed by atoms with van der Waals surface area (Å²) in [5, 5.41) is 2.85. The Bertz CT molecular complexity index is 665. The maximum absolute atomic E-state index is 12.1. The van der Waals surface area contributed by atoms with E-state index in [4.69, 9.17) is 10.5 Å². The van der Waals surface area contributed by atoms with Crippen molar-refractivity contribution in [2.24, 2.45) is 0 Å². The van der Waals surface area contributed by atoms with Crippen molar-refractivity contribution < 1.29 is 14.3 Å². The van der Waals surface area contributed by atoms with Gasteiger partial charge in [-0.2, -0.15) is 0 Å². The Balaban J connectivity index is 2.67. The first kappa shape index (κ1) is 15.1. The minimum atomic E-state index is -0.469. The minimum Gasteiger partial charge on any atom is -0.462 e. The van der Waals surface area contributed by atoms with Gasteiger partial charge in [-0.1, -0.05) is 30.3 Å². The van der Waals surface area contributed by atoms with Gasteiger partial charge in [-0.05, 0) is 12.5 Å². The lowest BCUT2D eigenvalue weighted by Gasteiger charge is -2.07. The number of esters is 1. The third-order valence-corrected chi connectivity index (χ3v) is 3.91. The van der Waals surface area contributed by atoms with Crippen LogP contribution >= 0.6 is 11.3 Å². The van der Waals surface area contributed by atoms with Crippen LogP contribution in [-0.2, 0) is 4.74 Å². The average molecular weight is 304 g/mol. The van der Waals surface area contributed by atoms with Crippen molar-refractivity contribution in [2.75, 3.05) is 19.4 Å². The number of nitrogens with one attached hydrogen (secondary N) is 1. The second-order valence-electron chi connectivity index (χ2n) is 4.21. The first-order valence-corrected chi connectivity index (χ1v) is 7.28. The Morgan fingerprint density at radius 3 is 2.52 bits per heavy atom. The molecule has 0 saturated heterocycles. The van der Waals surface area contributed by atoms with Crippen molar-refractivity contribution in [3.8, 4) is 11.1 Å². The molecule has 6 heteroatoms. The molecule has 0 aliphatic heterocycles. The molecule has 3 N–H and O–H groups in total. The average Bonchev–Trinajstić information content (AvgIpc) is 2.85. The Labute approximate surface area is 126 Å². The largest absolute Gasteiger partial charge is 0.462 e. The van der Waals surface area contributed by atoms with Gasteiger partial charge in [0.25, 0.3) is 5.91 Å². The lowest BCUT2D eigenvalue weighted by molar-refractivity contribution is 0.0533. The molecule has 110 valence electrons. The third-order valence-electron chi connectivity index (χ3n) is 2.91. The van der Waals surface area contributed by atoms with E-state index >= 15 is 0 Å². The molecule has 1 amide bonds. The van der Waals surface area contributed by atoms with E-state index in [9.17, 15) is 9.59 Å². The zero-order valence-electron chi connectivity index (χ0n) is 11.8. The molecule has 0 unspecified atom stereocenters. The molecule has 0 saturated carbocycles. The van der Waals surface area contributed by atoms with Crippen LogP contribution in [0.3, 0.4) is 0 Å². The Morgan fingerprint density at radius 1 is 1.29 bits per heavy atom. The number of hydrogen-bond acceptors (Lipinski definition) is 5. The van der Waals surface area contributed by atoms with E-state index in [-0.39, 0.29) is 12.5 Å². The van der Waals surface area contributed by atoms with Gasteiger partial charge in [0.15, 0.2) is 0 Å². The quantitative estimate of drug-likeness (QED) is 0.850. The van der Waals surface area contributed by atoms with Gasteiger partial charge in [-0.3, -0.25) is 4.79 Å². The zero-order valence-corrected chi connectivity index (χ0v) is 12.6. The van der Waals surface area contributed by atoms with Crippen molar-refractivity contribution in [3.63, 3.8) is 0 Å². The fourth-order valence-electron chi connectivity index (χ4n) is 2.02. The van der Waals surface area contributed by atoms with Crippen molar-refractivity contribution >= 4 is 28.2 Å². The fourth-order valence-corrected chi connectivity index (χ4v) is 3.00. The van der Waals surface area contributed by atoms with E-state index in [1.165, 1.54) is 7.05 Å². The molecule has 1 aromatic heterocycles. The predicted octanol–water partition coefficient (Wildman–Crippen LogP) is 2.53. The molecular weight excluding hydrogens is 288 g/mol. The first-order chi connectivity index (χ1) is 10.1. The van der Waals surface area contributed by atoms with Crippen LogP contribution < -0.4 is 11.1 Å². The molecule has 0 aliphatic carbocycles. The van der Waals surface area contributed by atoms with Gasteiger partial charge in [-0.25, -0.2) is 4.79 Å². The molecule has 0 radical (unpaired) electrons. The minimum absolute atomic E-state index is 0.264. The van der Waals surface area contributed by atoms with Crippen LogP contribution in [0.5, 0.6) is 0 Å². The topological polar surface area (TPSA) is 81.4 Å². The van der Waals surface area contributed by atoms with Crippen molar-refractivity contribution in [1.29, 1.82) is 0 Å². The molecule has 0 fully saturated rings. The van der Waals surface area contributed by atoms with Gasteiger partial charge in [0.1, 0.15) is 9.88 Å². The van der Waals surface area contributed by atoms with E-state index < -0.39 is 5.97 Å². The molecule has 0 atom stereocenters. The molecular formula is C15H16N2O3S. The summed E-state index contributed by atoms with van der Waals surface area (Å²) in [7, 11) is 1.53. The maximum atomic E-state index is 12.1. The smallest absolute Gasteiger partial charge is 0.349 e. The van der Waals surface area contributed by atoms with Gasteiger partial charge in [0, 0.05) is 12.6 Å². The van der Waals surface area contributed by atoms with Crippen LogP contribution in [0.2, 0.25) is 0 Å². The van der Waals surface area contributed by atoms with E-state index in [0.717, 1.165) is 16.9 Å². The van der Waals surface area contributed by atoms with Crippen LogP contribution in [0.15, 0.2) is 30.3 Å². The number of nitrogen functional groups attached to an aromatic ring is 1. The van der Waals surface area contributed by atoms with Gasteiger partial charge < -0.3 is 15.8 Å². The van der Waals surface area contributed by atoms with E-state index in [2.05, 4.69) is 5.32 Å². The second-order valence-corrected chi connectivity index (χ2v) is 5.26. The number of hydrogen-bond donors (Lipinski definition) is 2. The SMILES string of the molecule is CCOC(=O)c1sc(N)c(C(=O)NC)c1-c1ccccc1. The number of anilines is 1. The van der Waals surface area contributed by atoms with Gasteiger partial charge in [0.2, 0.25) is 0 Å². The predicted molar refractivity (Wildman–Crippen MR) is 83.5 cm³/mol. The molecule has 0 spiro atoms.